The molecule has 6 heteroatoms. The maximum absolute atomic E-state index is 10.9. The van der Waals surface area contributed by atoms with Crippen LogP contribution in [0, 0.1) is 0 Å². The molecule has 88 valence electrons. The predicted octanol–water partition coefficient (Wildman–Crippen LogP) is 2.15. The van der Waals surface area contributed by atoms with Crippen molar-refractivity contribution in [2.75, 3.05) is 0 Å². The SMILES string of the molecule is NCc1nc(-c2cccc(Cl)c2)oc1C(=O)O. The minimum atomic E-state index is -1.19. The van der Waals surface area contributed by atoms with E-state index in [1.807, 2.05) is 0 Å². The molecule has 1 aromatic heterocycles. The first kappa shape index (κ1) is 11.6. The number of aromatic nitrogens is 1. The number of benzene rings is 1. The number of hydrogen-bond acceptors (Lipinski definition) is 4. The monoisotopic (exact) mass is 252 g/mol. The topological polar surface area (TPSA) is 89.4 Å². The molecule has 0 aliphatic rings. The lowest BCUT2D eigenvalue weighted by atomic mass is 10.2. The second-order valence-electron chi connectivity index (χ2n) is 3.31. The van der Waals surface area contributed by atoms with Gasteiger partial charge in [-0.15, -0.1) is 0 Å². The van der Waals surface area contributed by atoms with Gasteiger partial charge in [0.2, 0.25) is 11.7 Å². The second kappa shape index (κ2) is 4.57. The Morgan fingerprint density at radius 2 is 2.29 bits per heavy atom. The third-order valence-electron chi connectivity index (χ3n) is 2.16. The van der Waals surface area contributed by atoms with E-state index in [1.54, 1.807) is 24.3 Å². The van der Waals surface area contributed by atoms with Crippen LogP contribution in [-0.4, -0.2) is 16.1 Å². The Bertz CT molecular complexity index is 566. The molecule has 0 saturated heterocycles. The zero-order valence-corrected chi connectivity index (χ0v) is 9.44. The van der Waals surface area contributed by atoms with E-state index < -0.39 is 5.97 Å². The molecule has 0 saturated carbocycles. The summed E-state index contributed by atoms with van der Waals surface area (Å²) in [5.74, 6) is -1.22. The lowest BCUT2D eigenvalue weighted by Gasteiger charge is -1.95. The van der Waals surface area contributed by atoms with Gasteiger partial charge in [-0.1, -0.05) is 17.7 Å². The molecule has 0 unspecified atom stereocenters. The number of hydrogen-bond donors (Lipinski definition) is 2. The molecule has 0 radical (unpaired) electrons. The number of nitrogens with zero attached hydrogens (tertiary/aromatic N) is 1. The molecule has 1 aromatic carbocycles. The molecule has 0 bridgehead atoms. The summed E-state index contributed by atoms with van der Waals surface area (Å²) in [5, 5.41) is 9.42. The fourth-order valence-corrected chi connectivity index (χ4v) is 1.59. The van der Waals surface area contributed by atoms with Gasteiger partial charge in [0.05, 0.1) is 0 Å². The molecular weight excluding hydrogens is 244 g/mol. The van der Waals surface area contributed by atoms with Gasteiger partial charge >= 0.3 is 5.97 Å². The van der Waals surface area contributed by atoms with Gasteiger partial charge in [0, 0.05) is 17.1 Å². The average Bonchev–Trinajstić information content (AvgIpc) is 2.73. The molecule has 0 aliphatic heterocycles. The minimum absolute atomic E-state index is 0.00565. The Labute approximate surface area is 102 Å². The first-order valence-corrected chi connectivity index (χ1v) is 5.18. The highest BCUT2D eigenvalue weighted by atomic mass is 35.5. The third-order valence-corrected chi connectivity index (χ3v) is 2.39. The standard InChI is InChI=1S/C11H9ClN2O3/c12-7-3-1-2-6(4-7)10-14-8(5-13)9(17-10)11(15)16/h1-4H,5,13H2,(H,15,16). The van der Waals surface area contributed by atoms with Crippen molar-refractivity contribution >= 4 is 17.6 Å². The fraction of sp³-hybridized carbons (Fsp3) is 0.0909. The van der Waals surface area contributed by atoms with Crippen molar-refractivity contribution in [3.8, 4) is 11.5 Å². The van der Waals surface area contributed by atoms with Crippen LogP contribution >= 0.6 is 11.6 Å². The smallest absolute Gasteiger partial charge is 0.373 e. The number of aromatic carboxylic acids is 1. The lowest BCUT2D eigenvalue weighted by Crippen LogP contribution is -2.04. The van der Waals surface area contributed by atoms with E-state index in [0.717, 1.165) is 0 Å². The van der Waals surface area contributed by atoms with Gasteiger partial charge in [0.15, 0.2) is 0 Å². The van der Waals surface area contributed by atoms with Gasteiger partial charge in [0.25, 0.3) is 0 Å². The van der Waals surface area contributed by atoms with E-state index in [2.05, 4.69) is 4.98 Å². The summed E-state index contributed by atoms with van der Waals surface area (Å²) in [7, 11) is 0. The van der Waals surface area contributed by atoms with Gasteiger partial charge in [-0.05, 0) is 18.2 Å². The van der Waals surface area contributed by atoms with E-state index in [1.165, 1.54) is 0 Å². The summed E-state index contributed by atoms with van der Waals surface area (Å²) < 4.78 is 5.16. The number of carbonyl (C=O) groups is 1. The van der Waals surface area contributed by atoms with Crippen molar-refractivity contribution in [3.05, 3.63) is 40.7 Å². The zero-order valence-electron chi connectivity index (χ0n) is 8.68. The van der Waals surface area contributed by atoms with E-state index >= 15 is 0 Å². The molecule has 0 fully saturated rings. The molecule has 5 nitrogen and oxygen atoms in total. The highest BCUT2D eigenvalue weighted by Crippen LogP contribution is 2.24. The van der Waals surface area contributed by atoms with Crippen LogP contribution in [0.1, 0.15) is 16.2 Å². The van der Waals surface area contributed by atoms with E-state index in [-0.39, 0.29) is 23.9 Å². The van der Waals surface area contributed by atoms with Gasteiger partial charge in [-0.3, -0.25) is 0 Å². The summed E-state index contributed by atoms with van der Waals surface area (Å²) in [4.78, 5) is 14.9. The van der Waals surface area contributed by atoms with Crippen LogP contribution in [0.3, 0.4) is 0 Å². The number of carboxylic acids is 1. The highest BCUT2D eigenvalue weighted by molar-refractivity contribution is 6.30. The van der Waals surface area contributed by atoms with Crippen LogP contribution in [0.4, 0.5) is 0 Å². The number of nitrogens with two attached hydrogens (primary N) is 1. The van der Waals surface area contributed by atoms with Gasteiger partial charge in [-0.25, -0.2) is 9.78 Å². The van der Waals surface area contributed by atoms with E-state index in [4.69, 9.17) is 26.9 Å². The molecule has 17 heavy (non-hydrogen) atoms. The molecule has 0 aliphatic carbocycles. The van der Waals surface area contributed by atoms with Crippen LogP contribution in [0.25, 0.3) is 11.5 Å². The maximum atomic E-state index is 10.9. The molecule has 0 atom stereocenters. The Morgan fingerprint density at radius 3 is 2.82 bits per heavy atom. The Morgan fingerprint density at radius 1 is 1.53 bits per heavy atom. The van der Waals surface area contributed by atoms with Crippen molar-refractivity contribution < 1.29 is 14.3 Å². The summed E-state index contributed by atoms with van der Waals surface area (Å²) in [5.41, 5.74) is 6.22. The van der Waals surface area contributed by atoms with Crippen molar-refractivity contribution in [2.24, 2.45) is 5.73 Å². The van der Waals surface area contributed by atoms with Crippen molar-refractivity contribution in [2.45, 2.75) is 6.54 Å². The number of halogens is 1. The van der Waals surface area contributed by atoms with Crippen LogP contribution in [0.15, 0.2) is 28.7 Å². The van der Waals surface area contributed by atoms with Gasteiger partial charge in [-0.2, -0.15) is 0 Å². The Kier molecular flexibility index (Phi) is 3.12. The third kappa shape index (κ3) is 2.30. The fourth-order valence-electron chi connectivity index (χ4n) is 1.40. The predicted molar refractivity (Wildman–Crippen MR) is 61.8 cm³/mol. The van der Waals surface area contributed by atoms with Crippen LogP contribution in [0.5, 0.6) is 0 Å². The largest absolute Gasteiger partial charge is 0.475 e. The van der Waals surface area contributed by atoms with Crippen LogP contribution < -0.4 is 5.73 Å². The van der Waals surface area contributed by atoms with Crippen LogP contribution in [0.2, 0.25) is 5.02 Å². The molecule has 2 aromatic rings. The second-order valence-corrected chi connectivity index (χ2v) is 3.75. The zero-order chi connectivity index (χ0) is 12.4. The normalized spacial score (nSPS) is 10.5. The van der Waals surface area contributed by atoms with Crippen molar-refractivity contribution in [1.29, 1.82) is 0 Å². The molecule has 0 spiro atoms. The summed E-state index contributed by atoms with van der Waals surface area (Å²) in [6.07, 6.45) is 0. The number of carboxylic acid groups (broad SMARTS) is 1. The first-order chi connectivity index (χ1) is 8.11. The maximum Gasteiger partial charge on any atom is 0.373 e. The number of rotatable bonds is 3. The van der Waals surface area contributed by atoms with E-state index in [0.29, 0.717) is 10.6 Å². The molecule has 3 N–H and O–H groups in total. The Balaban J connectivity index is 2.50. The number of oxazole rings is 1. The molecule has 2 rings (SSSR count). The quantitative estimate of drug-likeness (QED) is 0.874. The molecule has 0 amide bonds. The molecular formula is C11H9ClN2O3. The Hall–Kier alpha value is -1.85. The van der Waals surface area contributed by atoms with Gasteiger partial charge in [0.1, 0.15) is 5.69 Å². The first-order valence-electron chi connectivity index (χ1n) is 4.81. The summed E-state index contributed by atoms with van der Waals surface area (Å²) in [6.45, 7) is 0.00565. The summed E-state index contributed by atoms with van der Waals surface area (Å²) in [6, 6.07) is 6.79. The van der Waals surface area contributed by atoms with Crippen LogP contribution in [-0.2, 0) is 6.54 Å². The molecule has 1 heterocycles. The highest BCUT2D eigenvalue weighted by Gasteiger charge is 2.19. The van der Waals surface area contributed by atoms with Crippen molar-refractivity contribution in [1.82, 2.24) is 4.98 Å². The minimum Gasteiger partial charge on any atom is -0.475 e. The summed E-state index contributed by atoms with van der Waals surface area (Å²) >= 11 is 5.83. The average molecular weight is 253 g/mol. The lowest BCUT2D eigenvalue weighted by molar-refractivity contribution is 0.0662. The van der Waals surface area contributed by atoms with Crippen molar-refractivity contribution in [3.63, 3.8) is 0 Å². The van der Waals surface area contributed by atoms with E-state index in [9.17, 15) is 4.79 Å². The van der Waals surface area contributed by atoms with Gasteiger partial charge < -0.3 is 15.3 Å².